The van der Waals surface area contributed by atoms with Crippen LogP contribution in [-0.2, 0) is 20.1 Å². The Morgan fingerprint density at radius 3 is 2.24 bits per heavy atom. The third kappa shape index (κ3) is 3.94. The van der Waals surface area contributed by atoms with E-state index in [0.29, 0.717) is 11.8 Å². The van der Waals surface area contributed by atoms with Gasteiger partial charge in [0.2, 0.25) is 0 Å². The van der Waals surface area contributed by atoms with Gasteiger partial charge in [-0.05, 0) is 30.0 Å². The monoisotopic (exact) mass is 563 g/mol. The Kier molecular flexibility index (Phi) is 6.40. The van der Waals surface area contributed by atoms with Crippen LogP contribution in [-0.4, -0.2) is 17.0 Å². The molecule has 4 nitrogen and oxygen atoms in total. The van der Waals surface area contributed by atoms with E-state index in [4.69, 9.17) is 9.97 Å². The Balaban J connectivity index is 0.00000240. The fraction of sp³-hybridized carbons (Fsp3) is 0.292. The summed E-state index contributed by atoms with van der Waals surface area (Å²) in [6.07, 6.45) is 1.93. The molecule has 2 heterocycles. The van der Waals surface area contributed by atoms with Gasteiger partial charge in [0, 0.05) is 25.7 Å². The molecule has 0 amide bonds. The summed E-state index contributed by atoms with van der Waals surface area (Å²) in [7, 11) is 2.02. The molecule has 29 heavy (non-hydrogen) atoms. The number of aromatic nitrogens is 2. The van der Waals surface area contributed by atoms with Gasteiger partial charge in [-0.15, -0.1) is 5.69 Å². The average Bonchev–Trinajstić information content (AvgIpc) is 3.04. The van der Waals surface area contributed by atoms with Crippen molar-refractivity contribution >= 4 is 17.2 Å². The van der Waals surface area contributed by atoms with E-state index >= 15 is 0 Å². The number of rotatable bonds is 4. The molecule has 4 rings (SSSR count). The molecule has 2 aromatic carbocycles. The molecule has 0 unspecified atom stereocenters. The van der Waals surface area contributed by atoms with Crippen LogP contribution < -0.4 is 9.80 Å². The largest absolute Gasteiger partial charge is 0.501 e. The summed E-state index contributed by atoms with van der Waals surface area (Å²) in [5.74, 6) is 2.48. The molecule has 1 aliphatic heterocycles. The van der Waals surface area contributed by atoms with Gasteiger partial charge in [0.1, 0.15) is 5.82 Å². The van der Waals surface area contributed by atoms with Crippen molar-refractivity contribution in [2.24, 2.45) is 0 Å². The van der Waals surface area contributed by atoms with Crippen LogP contribution in [0, 0.1) is 12.7 Å². The number of benzene rings is 2. The number of para-hydroxylation sites is 1. The zero-order valence-electron chi connectivity index (χ0n) is 17.5. The summed E-state index contributed by atoms with van der Waals surface area (Å²) in [5, 5.41) is 0. The van der Waals surface area contributed by atoms with E-state index in [1.54, 1.807) is 0 Å². The summed E-state index contributed by atoms with van der Waals surface area (Å²) >= 11 is 0. The predicted octanol–water partition coefficient (Wildman–Crippen LogP) is 5.90. The van der Waals surface area contributed by atoms with Gasteiger partial charge in [-0.25, -0.2) is 9.97 Å². The number of nitrogens with zero attached hydrogens (tertiary/aromatic N) is 4. The zero-order chi connectivity index (χ0) is 19.8. The molecule has 0 aliphatic carbocycles. The number of anilines is 3. The van der Waals surface area contributed by atoms with Gasteiger partial charge < -0.3 is 9.80 Å². The molecule has 0 N–H and O–H groups in total. The fourth-order valence-electron chi connectivity index (χ4n) is 3.72. The Morgan fingerprint density at radius 2 is 1.66 bits per heavy atom. The molecule has 0 spiro atoms. The van der Waals surface area contributed by atoms with E-state index in [9.17, 15) is 0 Å². The maximum Gasteiger partial charge on any atom is 0.162 e. The van der Waals surface area contributed by atoms with Crippen molar-refractivity contribution in [3.63, 3.8) is 0 Å². The molecule has 0 atom stereocenters. The molecule has 153 valence electrons. The van der Waals surface area contributed by atoms with Crippen molar-refractivity contribution in [1.82, 2.24) is 9.97 Å². The van der Waals surface area contributed by atoms with Crippen LogP contribution in [0.15, 0.2) is 48.7 Å². The van der Waals surface area contributed by atoms with Crippen molar-refractivity contribution in [3.8, 4) is 11.4 Å². The van der Waals surface area contributed by atoms with Gasteiger partial charge >= 0.3 is 0 Å². The maximum absolute atomic E-state index is 5.04. The van der Waals surface area contributed by atoms with Crippen LogP contribution in [0.25, 0.3) is 11.4 Å². The van der Waals surface area contributed by atoms with Crippen molar-refractivity contribution in [2.45, 2.75) is 39.5 Å². The van der Waals surface area contributed by atoms with Crippen LogP contribution in [0.3, 0.4) is 0 Å². The Bertz CT molecular complexity index is 959. The molecule has 0 fully saturated rings. The standard InChI is InChI=1S/C24H26N4.Ir/c1-16(2)19-12-9-13-20(17(3)4)22(19)23-25-14-21-24(26-23)28(15-27(21)5)18-10-7-6-8-11-18;/h6-10,12-17H,1-5H3;/q-2;. The van der Waals surface area contributed by atoms with Gasteiger partial charge in [0.05, 0.1) is 11.9 Å². The Labute approximate surface area is 187 Å². The van der Waals surface area contributed by atoms with Gasteiger partial charge in [0.25, 0.3) is 0 Å². The first-order valence-corrected chi connectivity index (χ1v) is 9.81. The minimum Gasteiger partial charge on any atom is -0.501 e. The fourth-order valence-corrected chi connectivity index (χ4v) is 3.72. The smallest absolute Gasteiger partial charge is 0.162 e. The molecule has 3 aromatic rings. The van der Waals surface area contributed by atoms with E-state index in [2.05, 4.69) is 61.8 Å². The van der Waals surface area contributed by atoms with Crippen LogP contribution in [0.2, 0.25) is 0 Å². The van der Waals surface area contributed by atoms with Crippen LogP contribution >= 0.6 is 0 Å². The van der Waals surface area contributed by atoms with E-state index in [1.165, 1.54) is 16.7 Å². The molecular weight excluding hydrogens is 537 g/mol. The SMILES string of the molecule is CC(C)c1cccc(C(C)C)c1-c1ncc2c(n1)N(c1[c-]cccc1)[CH-]N2C.[Ir]. The first-order chi connectivity index (χ1) is 13.5. The van der Waals surface area contributed by atoms with E-state index in [0.717, 1.165) is 23.0 Å². The summed E-state index contributed by atoms with van der Waals surface area (Å²) in [4.78, 5) is 13.9. The van der Waals surface area contributed by atoms with Crippen LogP contribution in [0.5, 0.6) is 0 Å². The molecule has 0 saturated heterocycles. The van der Waals surface area contributed by atoms with Gasteiger partial charge in [0.15, 0.2) is 5.82 Å². The second-order valence-corrected chi connectivity index (χ2v) is 7.87. The summed E-state index contributed by atoms with van der Waals surface area (Å²) < 4.78 is 0. The second kappa shape index (κ2) is 8.64. The number of hydrogen-bond acceptors (Lipinski definition) is 4. The topological polar surface area (TPSA) is 32.3 Å². The first-order valence-electron chi connectivity index (χ1n) is 9.81. The Morgan fingerprint density at radius 1 is 0.966 bits per heavy atom. The van der Waals surface area contributed by atoms with E-state index in [-0.39, 0.29) is 20.1 Å². The molecule has 1 aromatic heterocycles. The zero-order valence-corrected chi connectivity index (χ0v) is 19.9. The van der Waals surface area contributed by atoms with Gasteiger partial charge in [-0.1, -0.05) is 45.9 Å². The van der Waals surface area contributed by atoms with Crippen molar-refractivity contribution in [1.29, 1.82) is 0 Å². The molecule has 0 bridgehead atoms. The normalized spacial score (nSPS) is 13.1. The van der Waals surface area contributed by atoms with Crippen molar-refractivity contribution in [3.05, 3.63) is 72.5 Å². The number of hydrogen-bond donors (Lipinski definition) is 0. The second-order valence-electron chi connectivity index (χ2n) is 7.87. The average molecular weight is 563 g/mol. The van der Waals surface area contributed by atoms with Gasteiger partial charge in [-0.3, -0.25) is 0 Å². The third-order valence-corrected chi connectivity index (χ3v) is 5.20. The minimum atomic E-state index is 0. The molecule has 5 heteroatoms. The molecule has 1 radical (unpaired) electrons. The van der Waals surface area contributed by atoms with Crippen molar-refractivity contribution < 1.29 is 20.1 Å². The third-order valence-electron chi connectivity index (χ3n) is 5.20. The molecule has 0 saturated carbocycles. The van der Waals surface area contributed by atoms with E-state index < -0.39 is 0 Å². The minimum absolute atomic E-state index is 0. The van der Waals surface area contributed by atoms with Gasteiger partial charge in [-0.2, -0.15) is 37.0 Å². The van der Waals surface area contributed by atoms with Crippen LogP contribution in [0.1, 0.15) is 50.7 Å². The molecule has 1 aliphatic rings. The molecular formula is C24H26IrN4-2. The maximum atomic E-state index is 5.04. The predicted molar refractivity (Wildman–Crippen MR) is 116 cm³/mol. The summed E-state index contributed by atoms with van der Waals surface area (Å²) in [6.45, 7) is 10.9. The summed E-state index contributed by atoms with van der Waals surface area (Å²) in [6, 6.07) is 17.8. The van der Waals surface area contributed by atoms with Crippen LogP contribution in [0.4, 0.5) is 17.2 Å². The van der Waals surface area contributed by atoms with E-state index in [1.807, 2.05) is 44.2 Å². The Hall–Kier alpha value is -2.23. The first kappa shape index (κ1) is 21.5. The quantitative estimate of drug-likeness (QED) is 0.371. The summed E-state index contributed by atoms with van der Waals surface area (Å²) in [5.41, 5.74) is 5.72. The number of fused-ring (bicyclic) bond motifs is 1. The van der Waals surface area contributed by atoms with Crippen molar-refractivity contribution in [2.75, 3.05) is 16.8 Å².